The van der Waals surface area contributed by atoms with E-state index in [1.165, 1.54) is 0 Å². The van der Waals surface area contributed by atoms with Crippen molar-refractivity contribution in [3.05, 3.63) is 29.8 Å². The molecule has 3 nitrogen and oxygen atoms in total. The van der Waals surface area contributed by atoms with Crippen LogP contribution in [0, 0.1) is 0 Å². The van der Waals surface area contributed by atoms with Crippen LogP contribution in [0.3, 0.4) is 0 Å². The number of rotatable bonds is 3. The number of benzene rings is 1. The van der Waals surface area contributed by atoms with Crippen LogP contribution in [0.15, 0.2) is 24.3 Å². The van der Waals surface area contributed by atoms with E-state index in [1.807, 2.05) is 0 Å². The second-order valence-corrected chi connectivity index (χ2v) is 2.39. The van der Waals surface area contributed by atoms with Crippen molar-refractivity contribution < 1.29 is 7.54 Å². The number of nitrogen functional groups attached to an aromatic ring is 1. The zero-order valence-electron chi connectivity index (χ0n) is 8.58. The van der Waals surface area contributed by atoms with Gasteiger partial charge in [0, 0.05) is 20.4 Å². The van der Waals surface area contributed by atoms with Crippen LogP contribution in [0.1, 0.15) is 19.5 Å². The van der Waals surface area contributed by atoms with E-state index < -0.39 is 6.50 Å². The van der Waals surface area contributed by atoms with Gasteiger partial charge in [0.05, 0.1) is 0 Å². The second-order valence-electron chi connectivity index (χ2n) is 2.39. The summed E-state index contributed by atoms with van der Waals surface area (Å²) in [5, 5.41) is 0. The van der Waals surface area contributed by atoms with Gasteiger partial charge in [-0.2, -0.15) is 0 Å². The number of carbonyl (C=O) groups is 1. The Hall–Kier alpha value is -1.35. The Morgan fingerprint density at radius 1 is 1.50 bits per heavy atom. The van der Waals surface area contributed by atoms with Gasteiger partial charge in [-0.3, -0.25) is 4.79 Å². The predicted octanol–water partition coefficient (Wildman–Crippen LogP) is 0.800. The van der Waals surface area contributed by atoms with Crippen molar-refractivity contribution in [2.24, 2.45) is 5.73 Å². The number of ketones is 1. The highest BCUT2D eigenvalue weighted by Crippen LogP contribution is 2.11. The average Bonchev–Trinajstić information content (AvgIpc) is 2.01. The van der Waals surface area contributed by atoms with E-state index in [2.05, 4.69) is 0 Å². The van der Waals surface area contributed by atoms with E-state index in [-0.39, 0.29) is 12.2 Å². The van der Waals surface area contributed by atoms with E-state index >= 15 is 0 Å². The summed E-state index contributed by atoms with van der Waals surface area (Å²) in [4.78, 5) is 11.5. The zero-order chi connectivity index (χ0) is 10.8. The van der Waals surface area contributed by atoms with E-state index in [1.54, 1.807) is 24.3 Å². The quantitative estimate of drug-likeness (QED) is 0.397. The van der Waals surface area contributed by atoms with Gasteiger partial charge in [0.2, 0.25) is 0 Å². The van der Waals surface area contributed by atoms with Gasteiger partial charge in [-0.25, -0.2) is 0 Å². The van der Waals surface area contributed by atoms with Crippen LogP contribution in [-0.2, 0) is 0 Å². The molecule has 4 N–H and O–H groups in total. The summed E-state index contributed by atoms with van der Waals surface area (Å²) >= 11 is 0. The number of hydrogen-bond donors (Lipinski definition) is 2. The van der Waals surface area contributed by atoms with Gasteiger partial charge in [0.25, 0.3) is 0 Å². The lowest BCUT2D eigenvalue weighted by atomic mass is 10.1. The fraction of sp³-hybridized carbons (Fsp3) is 0.222. The molecule has 0 aliphatic heterocycles. The summed E-state index contributed by atoms with van der Waals surface area (Å²) in [6.07, 6.45) is -0.360. The molecule has 12 heavy (non-hydrogen) atoms. The van der Waals surface area contributed by atoms with Gasteiger partial charge in [0.1, 0.15) is 0 Å². The molecule has 0 unspecified atom stereocenters. The molecule has 0 atom stereocenters. The number of Topliss-reactive ketones (excluding diaryl/α,β-unsaturated/α-hetero) is 1. The maximum Gasteiger partial charge on any atom is 0.166 e. The van der Waals surface area contributed by atoms with Crippen LogP contribution in [0.4, 0.5) is 5.69 Å². The van der Waals surface area contributed by atoms with E-state index in [0.717, 1.165) is 0 Å². The molecule has 0 radical (unpaired) electrons. The molecule has 1 rings (SSSR count). The van der Waals surface area contributed by atoms with Crippen molar-refractivity contribution in [1.82, 2.24) is 0 Å². The number of carbonyl (C=O) groups excluding carboxylic acids is 1. The Morgan fingerprint density at radius 3 is 2.75 bits per heavy atom. The van der Waals surface area contributed by atoms with Crippen molar-refractivity contribution in [2.75, 3.05) is 12.2 Å². The fourth-order valence-electron chi connectivity index (χ4n) is 0.939. The lowest BCUT2D eigenvalue weighted by molar-refractivity contribution is 0.0986. The van der Waals surface area contributed by atoms with Crippen molar-refractivity contribution >= 4 is 11.5 Å². The molecule has 0 spiro atoms. The molecular weight excluding hydrogens is 153 g/mol. The molecule has 0 fully saturated rings. The molecule has 3 heteroatoms. The SMILES string of the molecule is [2H][13C]([2H])(N)CC(=O)c1ccccc1N. The summed E-state index contributed by atoms with van der Waals surface area (Å²) in [6, 6.07) is 6.54. The minimum Gasteiger partial charge on any atom is -0.398 e. The van der Waals surface area contributed by atoms with Crippen molar-refractivity contribution in [1.29, 1.82) is 0 Å². The van der Waals surface area contributed by atoms with Crippen molar-refractivity contribution in [3.63, 3.8) is 0 Å². The molecular formula is C9H12N2O. The van der Waals surface area contributed by atoms with Crippen LogP contribution in [0.25, 0.3) is 0 Å². The van der Waals surface area contributed by atoms with Gasteiger partial charge in [-0.1, -0.05) is 12.1 Å². The molecule has 0 bridgehead atoms. The summed E-state index contributed by atoms with van der Waals surface area (Å²) in [7, 11) is 0. The maximum absolute atomic E-state index is 11.5. The first-order valence-corrected chi connectivity index (χ1v) is 3.57. The normalized spacial score (nSPS) is 13.4. The Balaban J connectivity index is 2.86. The van der Waals surface area contributed by atoms with Crippen LogP contribution < -0.4 is 11.5 Å². The van der Waals surface area contributed by atoms with Crippen LogP contribution in [0.2, 0.25) is 0 Å². The molecule has 0 aliphatic rings. The van der Waals surface area contributed by atoms with Crippen LogP contribution in [-0.4, -0.2) is 12.3 Å². The lowest BCUT2D eigenvalue weighted by Gasteiger charge is -2.01. The number of anilines is 1. The Kier molecular flexibility index (Phi) is 2.00. The van der Waals surface area contributed by atoms with Crippen LogP contribution >= 0.6 is 0 Å². The molecule has 0 amide bonds. The highest BCUT2D eigenvalue weighted by atomic mass is 16.1. The standard InChI is InChI=1S/C9H12N2O/c10-6-5-9(12)7-3-1-2-4-8(7)11/h1-4H,5-6,10-11H2/i6+1D2. The van der Waals surface area contributed by atoms with Gasteiger partial charge < -0.3 is 11.5 Å². The molecule has 0 aromatic heterocycles. The number of para-hydroxylation sites is 1. The van der Waals surface area contributed by atoms with E-state index in [9.17, 15) is 4.79 Å². The Bertz CT molecular complexity index is 347. The lowest BCUT2D eigenvalue weighted by Crippen LogP contribution is -2.09. The molecule has 0 aliphatic carbocycles. The first-order chi connectivity index (χ1) is 6.40. The Morgan fingerprint density at radius 2 is 2.17 bits per heavy atom. The summed E-state index contributed by atoms with van der Waals surface area (Å²) in [5.74, 6) is -0.379. The van der Waals surface area contributed by atoms with Gasteiger partial charge in [0.15, 0.2) is 5.78 Å². The topological polar surface area (TPSA) is 69.1 Å². The average molecular weight is 167 g/mol. The molecule has 0 heterocycles. The molecule has 1 aromatic carbocycles. The molecule has 1 aromatic rings. The van der Waals surface area contributed by atoms with Gasteiger partial charge in [-0.15, -0.1) is 0 Å². The van der Waals surface area contributed by atoms with Crippen molar-refractivity contribution in [2.45, 2.75) is 6.42 Å². The summed E-state index contributed by atoms with van der Waals surface area (Å²) in [6.45, 7) is -1.99. The van der Waals surface area contributed by atoms with E-state index in [0.29, 0.717) is 11.3 Å². The molecule has 0 saturated heterocycles. The molecule has 0 saturated carbocycles. The van der Waals surface area contributed by atoms with E-state index in [4.69, 9.17) is 14.2 Å². The smallest absolute Gasteiger partial charge is 0.166 e. The zero-order valence-corrected chi connectivity index (χ0v) is 6.58. The first kappa shape index (κ1) is 6.20. The van der Waals surface area contributed by atoms with Gasteiger partial charge >= 0.3 is 0 Å². The number of hydrogen-bond acceptors (Lipinski definition) is 3. The maximum atomic E-state index is 11.5. The monoisotopic (exact) mass is 167 g/mol. The fourth-order valence-corrected chi connectivity index (χ4v) is 0.939. The highest BCUT2D eigenvalue weighted by Gasteiger charge is 2.06. The number of nitrogens with two attached hydrogens (primary N) is 2. The highest BCUT2D eigenvalue weighted by molar-refractivity contribution is 6.00. The van der Waals surface area contributed by atoms with Gasteiger partial charge in [-0.05, 0) is 18.6 Å². The summed E-state index contributed by atoms with van der Waals surface area (Å²) in [5.41, 5.74) is 11.3. The molecule has 64 valence electrons. The minimum absolute atomic E-state index is 0.321. The largest absolute Gasteiger partial charge is 0.398 e. The predicted molar refractivity (Wildman–Crippen MR) is 48.9 cm³/mol. The van der Waals surface area contributed by atoms with Crippen LogP contribution in [0.5, 0.6) is 0 Å². The Labute approximate surface area is 74.2 Å². The third-order valence-electron chi connectivity index (χ3n) is 1.52. The third kappa shape index (κ3) is 1.83. The first-order valence-electron chi connectivity index (χ1n) is 4.57. The minimum atomic E-state index is -1.99. The summed E-state index contributed by atoms with van der Waals surface area (Å²) < 4.78 is 14.1. The van der Waals surface area contributed by atoms with Crippen molar-refractivity contribution in [3.8, 4) is 0 Å². The third-order valence-corrected chi connectivity index (χ3v) is 1.52. The second kappa shape index (κ2) is 3.88.